The lowest BCUT2D eigenvalue weighted by Crippen LogP contribution is -2.40. The van der Waals surface area contributed by atoms with Gasteiger partial charge in [-0.25, -0.2) is 9.50 Å². The molecule has 3 aromatic rings. The first-order valence-electron chi connectivity index (χ1n) is 15.2. The fourth-order valence-corrected chi connectivity index (χ4v) is 5.63. The average molecular weight is 566 g/mol. The summed E-state index contributed by atoms with van der Waals surface area (Å²) < 4.78 is 8.98. The number of hydrogen-bond donors (Lipinski definition) is 2. The largest absolute Gasteiger partial charge is 0.378 e. The highest BCUT2D eigenvalue weighted by Crippen LogP contribution is 2.26. The van der Waals surface area contributed by atoms with E-state index >= 15 is 0 Å². The summed E-state index contributed by atoms with van der Waals surface area (Å²) in [6, 6.07) is 1.44. The minimum atomic E-state index is -0.297. The first-order valence-corrected chi connectivity index (χ1v) is 15.2. The van der Waals surface area contributed by atoms with Crippen LogP contribution in [0.5, 0.6) is 0 Å². The molecule has 0 aromatic carbocycles. The molecule has 0 aliphatic carbocycles. The van der Waals surface area contributed by atoms with Crippen LogP contribution in [0.1, 0.15) is 87.2 Å². The van der Waals surface area contributed by atoms with Crippen molar-refractivity contribution in [2.75, 3.05) is 37.7 Å². The van der Waals surface area contributed by atoms with E-state index in [4.69, 9.17) is 19.8 Å². The molecule has 222 valence electrons. The summed E-state index contributed by atoms with van der Waals surface area (Å²) >= 11 is 0. The standard InChI is InChI=1S/C29H43N9O3/c1-4-20(3)8-6-10-22(32-28(40)25-11-13-31-37(25)5-2)24-19-38-29(33-24)34-26(36-14-16-41-17-15-36)23(35-38)18-21-9-7-12-30-27(21)39/h11,13,19-22H,4-10,12,14-18H2,1-3H3,(H,30,39)(H,32,40). The Morgan fingerprint density at radius 2 is 2.05 bits per heavy atom. The summed E-state index contributed by atoms with van der Waals surface area (Å²) in [7, 11) is 0. The monoisotopic (exact) mass is 565 g/mol. The Bertz CT molecular complexity index is 1330. The molecule has 0 bridgehead atoms. The van der Waals surface area contributed by atoms with Gasteiger partial charge >= 0.3 is 0 Å². The molecule has 0 saturated carbocycles. The summed E-state index contributed by atoms with van der Waals surface area (Å²) in [6.45, 7) is 10.4. The van der Waals surface area contributed by atoms with Crippen LogP contribution in [-0.2, 0) is 22.5 Å². The lowest BCUT2D eigenvalue weighted by atomic mass is 9.93. The highest BCUT2D eigenvalue weighted by molar-refractivity contribution is 5.92. The SMILES string of the molecule is CCC(C)CCCC(NC(=O)c1ccnn1CC)c1cn2nc(CC3CCCNC3=O)c(N3CCOCC3)nc2n1. The molecule has 2 N–H and O–H groups in total. The van der Waals surface area contributed by atoms with Crippen LogP contribution in [0.15, 0.2) is 18.5 Å². The molecular formula is C29H43N9O3. The van der Waals surface area contributed by atoms with Gasteiger partial charge in [0, 0.05) is 44.7 Å². The second-order valence-corrected chi connectivity index (χ2v) is 11.2. The van der Waals surface area contributed by atoms with Crippen molar-refractivity contribution in [1.82, 2.24) is 40.0 Å². The number of morpholine rings is 1. The smallest absolute Gasteiger partial charge is 0.270 e. The van der Waals surface area contributed by atoms with Gasteiger partial charge in [0.1, 0.15) is 11.4 Å². The van der Waals surface area contributed by atoms with Crippen molar-refractivity contribution in [3.63, 3.8) is 0 Å². The Kier molecular flexibility index (Phi) is 9.48. The van der Waals surface area contributed by atoms with Crippen LogP contribution < -0.4 is 15.5 Å². The fraction of sp³-hybridized carbons (Fsp3) is 0.655. The van der Waals surface area contributed by atoms with Gasteiger partial charge in [-0.15, -0.1) is 0 Å². The lowest BCUT2D eigenvalue weighted by Gasteiger charge is -2.30. The molecule has 2 aliphatic heterocycles. The van der Waals surface area contributed by atoms with Crippen LogP contribution in [0.25, 0.3) is 5.78 Å². The number of imidazole rings is 1. The maximum atomic E-state index is 13.3. The Balaban J connectivity index is 1.46. The zero-order valence-electron chi connectivity index (χ0n) is 24.5. The van der Waals surface area contributed by atoms with E-state index in [1.807, 2.05) is 13.1 Å². The normalized spacial score (nSPS) is 19.2. The van der Waals surface area contributed by atoms with Crippen molar-refractivity contribution in [3.05, 3.63) is 35.5 Å². The first kappa shape index (κ1) is 29.0. The molecule has 2 fully saturated rings. The third kappa shape index (κ3) is 6.86. The van der Waals surface area contributed by atoms with E-state index in [9.17, 15) is 9.59 Å². The summed E-state index contributed by atoms with van der Waals surface area (Å²) in [4.78, 5) is 37.9. The summed E-state index contributed by atoms with van der Waals surface area (Å²) in [5.74, 6) is 1.64. The van der Waals surface area contributed by atoms with Crippen LogP contribution in [0.4, 0.5) is 5.82 Å². The van der Waals surface area contributed by atoms with E-state index < -0.39 is 0 Å². The zero-order chi connectivity index (χ0) is 28.8. The number of piperidine rings is 1. The summed E-state index contributed by atoms with van der Waals surface area (Å²) in [5, 5.41) is 15.4. The Morgan fingerprint density at radius 1 is 1.22 bits per heavy atom. The Hall–Kier alpha value is -3.54. The van der Waals surface area contributed by atoms with E-state index in [0.717, 1.165) is 62.3 Å². The van der Waals surface area contributed by atoms with Gasteiger partial charge in [0.2, 0.25) is 5.91 Å². The summed E-state index contributed by atoms with van der Waals surface area (Å²) in [6.07, 6.45) is 9.76. The quantitative estimate of drug-likeness (QED) is 0.343. The first-order chi connectivity index (χ1) is 20.0. The fourth-order valence-electron chi connectivity index (χ4n) is 5.63. The molecule has 12 heteroatoms. The molecule has 0 spiro atoms. The third-order valence-electron chi connectivity index (χ3n) is 8.33. The van der Waals surface area contributed by atoms with Crippen LogP contribution in [0, 0.1) is 11.8 Å². The molecule has 41 heavy (non-hydrogen) atoms. The second kappa shape index (κ2) is 13.4. The maximum absolute atomic E-state index is 13.3. The topological polar surface area (TPSA) is 132 Å². The molecule has 0 radical (unpaired) electrons. The van der Waals surface area contributed by atoms with Gasteiger partial charge in [0.25, 0.3) is 11.7 Å². The number of aryl methyl sites for hydroxylation is 1. The van der Waals surface area contributed by atoms with E-state index in [1.54, 1.807) is 21.5 Å². The zero-order valence-corrected chi connectivity index (χ0v) is 24.5. The molecule has 5 rings (SSSR count). The molecule has 3 aromatic heterocycles. The van der Waals surface area contributed by atoms with Crippen LogP contribution >= 0.6 is 0 Å². The van der Waals surface area contributed by atoms with Gasteiger partial charge in [-0.2, -0.15) is 15.2 Å². The molecule has 3 unspecified atom stereocenters. The molecule has 3 atom stereocenters. The second-order valence-electron chi connectivity index (χ2n) is 11.2. The minimum Gasteiger partial charge on any atom is -0.378 e. The highest BCUT2D eigenvalue weighted by atomic mass is 16.5. The predicted octanol–water partition coefficient (Wildman–Crippen LogP) is 2.93. The Morgan fingerprint density at radius 3 is 2.80 bits per heavy atom. The molecule has 2 amide bonds. The average Bonchev–Trinajstić information content (AvgIpc) is 3.64. The van der Waals surface area contributed by atoms with Crippen molar-refractivity contribution in [3.8, 4) is 0 Å². The number of ether oxygens (including phenoxy) is 1. The van der Waals surface area contributed by atoms with Gasteiger partial charge in [-0.3, -0.25) is 14.3 Å². The molecular weight excluding hydrogens is 522 g/mol. The minimum absolute atomic E-state index is 0.0767. The number of nitrogens with zero attached hydrogens (tertiary/aromatic N) is 7. The van der Waals surface area contributed by atoms with E-state index in [0.29, 0.717) is 56.7 Å². The van der Waals surface area contributed by atoms with Crippen LogP contribution in [0.2, 0.25) is 0 Å². The highest BCUT2D eigenvalue weighted by Gasteiger charge is 2.28. The van der Waals surface area contributed by atoms with Crippen LogP contribution in [-0.4, -0.2) is 74.0 Å². The van der Waals surface area contributed by atoms with Crippen molar-refractivity contribution in [2.24, 2.45) is 11.8 Å². The molecule has 12 nitrogen and oxygen atoms in total. The number of hydrogen-bond acceptors (Lipinski definition) is 8. The number of rotatable bonds is 12. The predicted molar refractivity (Wildman–Crippen MR) is 155 cm³/mol. The lowest BCUT2D eigenvalue weighted by molar-refractivity contribution is -0.126. The number of carbonyl (C=O) groups is 2. The van der Waals surface area contributed by atoms with Gasteiger partial charge in [-0.05, 0) is 38.2 Å². The molecule has 5 heterocycles. The maximum Gasteiger partial charge on any atom is 0.270 e. The Labute approximate surface area is 241 Å². The van der Waals surface area contributed by atoms with E-state index in [1.165, 1.54) is 0 Å². The van der Waals surface area contributed by atoms with Gasteiger partial charge in [0.05, 0.1) is 31.1 Å². The third-order valence-corrected chi connectivity index (χ3v) is 8.33. The van der Waals surface area contributed by atoms with E-state index in [2.05, 4.69) is 34.5 Å². The van der Waals surface area contributed by atoms with Crippen molar-refractivity contribution in [1.29, 1.82) is 0 Å². The van der Waals surface area contributed by atoms with Crippen molar-refractivity contribution < 1.29 is 14.3 Å². The number of carbonyl (C=O) groups excluding carboxylic acids is 2. The van der Waals surface area contributed by atoms with Crippen molar-refractivity contribution in [2.45, 2.75) is 78.3 Å². The number of amides is 2. The van der Waals surface area contributed by atoms with Gasteiger partial charge < -0.3 is 20.3 Å². The van der Waals surface area contributed by atoms with Gasteiger partial charge in [-0.1, -0.05) is 33.1 Å². The van der Waals surface area contributed by atoms with Gasteiger partial charge in [0.15, 0.2) is 5.82 Å². The van der Waals surface area contributed by atoms with Crippen molar-refractivity contribution >= 4 is 23.4 Å². The molecule has 2 aliphatic rings. The number of aromatic nitrogens is 6. The number of fused-ring (bicyclic) bond motifs is 1. The van der Waals surface area contributed by atoms with E-state index in [-0.39, 0.29) is 23.8 Å². The number of anilines is 1. The number of nitrogens with one attached hydrogen (secondary N) is 2. The van der Waals surface area contributed by atoms with Crippen LogP contribution in [0.3, 0.4) is 0 Å². The summed E-state index contributed by atoms with van der Waals surface area (Å²) in [5.41, 5.74) is 2.04. The molecule has 2 saturated heterocycles.